The highest BCUT2D eigenvalue weighted by Crippen LogP contribution is 2.31. The summed E-state index contributed by atoms with van der Waals surface area (Å²) in [6, 6.07) is 11.4. The van der Waals surface area contributed by atoms with Crippen LogP contribution >= 0.6 is 11.3 Å². The van der Waals surface area contributed by atoms with Gasteiger partial charge in [0, 0.05) is 25.7 Å². The van der Waals surface area contributed by atoms with Crippen LogP contribution in [0.3, 0.4) is 0 Å². The van der Waals surface area contributed by atoms with Crippen LogP contribution in [-0.2, 0) is 22.7 Å². The van der Waals surface area contributed by atoms with E-state index in [9.17, 15) is 20.0 Å². The monoisotopic (exact) mass is 703 g/mol. The lowest BCUT2D eigenvalue weighted by atomic mass is 9.87. The molecule has 1 aliphatic rings. The van der Waals surface area contributed by atoms with Crippen molar-refractivity contribution in [2.24, 2.45) is 10.8 Å². The minimum Gasteiger partial charge on any atom is -0.483 e. The highest BCUT2D eigenvalue weighted by Gasteiger charge is 2.33. The molecule has 4 N–H and O–H groups in total. The molecule has 0 bridgehead atoms. The summed E-state index contributed by atoms with van der Waals surface area (Å²) in [5, 5.41) is 33.1. The van der Waals surface area contributed by atoms with Gasteiger partial charge in [0.1, 0.15) is 11.6 Å². The topological polar surface area (TPSA) is 187 Å². The zero-order valence-electron chi connectivity index (χ0n) is 29.3. The summed E-state index contributed by atoms with van der Waals surface area (Å²) in [6.07, 6.45) is 6.26. The first-order valence-electron chi connectivity index (χ1n) is 16.3. The number of likely N-dealkylation sites (tertiary alicyclic amines) is 1. The van der Waals surface area contributed by atoms with Gasteiger partial charge in [0.2, 0.25) is 5.95 Å². The number of nitrogens with one attached hydrogen (secondary N) is 2. The second-order valence-electron chi connectivity index (χ2n) is 14.3. The van der Waals surface area contributed by atoms with Gasteiger partial charge in [0.15, 0.2) is 12.2 Å². The van der Waals surface area contributed by atoms with E-state index < -0.39 is 0 Å². The number of allylic oxidation sites excluding steroid dienone is 1. The molecule has 266 valence electrons. The van der Waals surface area contributed by atoms with E-state index in [4.69, 9.17) is 19.3 Å². The number of nitriles is 1. The Kier molecular flexibility index (Phi) is 12.3. The Balaban J connectivity index is 0.00000181. The number of benzene rings is 1. The normalized spacial score (nSPS) is 15.7. The summed E-state index contributed by atoms with van der Waals surface area (Å²) in [5.74, 6) is 0.372. The first-order valence-corrected chi connectivity index (χ1v) is 17.2. The molecule has 0 radical (unpaired) electrons. The van der Waals surface area contributed by atoms with Crippen LogP contribution in [0.25, 0.3) is 21.7 Å². The number of anilines is 1. The van der Waals surface area contributed by atoms with Gasteiger partial charge < -0.3 is 29.4 Å². The highest BCUT2D eigenvalue weighted by atomic mass is 32.1. The van der Waals surface area contributed by atoms with Crippen LogP contribution in [0.2, 0.25) is 0 Å². The molecule has 1 fully saturated rings. The Morgan fingerprint density at radius 3 is 2.56 bits per heavy atom. The molecule has 2 amide bonds. The number of thiophene rings is 1. The quantitative estimate of drug-likeness (QED) is 0.0908. The van der Waals surface area contributed by atoms with E-state index in [1.165, 1.54) is 17.7 Å². The van der Waals surface area contributed by atoms with Gasteiger partial charge in [0.25, 0.3) is 18.3 Å². The van der Waals surface area contributed by atoms with Crippen LogP contribution in [0, 0.1) is 22.2 Å². The third-order valence-corrected chi connectivity index (χ3v) is 9.38. The maximum Gasteiger partial charge on any atom is 0.290 e. The molecule has 4 heterocycles. The Labute approximate surface area is 295 Å². The summed E-state index contributed by atoms with van der Waals surface area (Å²) in [7, 11) is 0. The molecule has 0 saturated carbocycles. The van der Waals surface area contributed by atoms with Gasteiger partial charge in [-0.15, -0.1) is 11.3 Å². The Morgan fingerprint density at radius 1 is 1.20 bits per heavy atom. The van der Waals surface area contributed by atoms with E-state index >= 15 is 0 Å². The summed E-state index contributed by atoms with van der Waals surface area (Å²) in [5.41, 5.74) is 2.21. The maximum atomic E-state index is 13.6. The third-order valence-electron chi connectivity index (χ3n) is 8.28. The summed E-state index contributed by atoms with van der Waals surface area (Å²) in [6.45, 7) is 13.4. The fraction of sp³-hybridized carbons (Fsp3) is 0.444. The summed E-state index contributed by atoms with van der Waals surface area (Å²) < 4.78 is 7.35. The van der Waals surface area contributed by atoms with Crippen LogP contribution in [-0.4, -0.2) is 73.2 Å². The second-order valence-corrected chi connectivity index (χ2v) is 15.4. The summed E-state index contributed by atoms with van der Waals surface area (Å²) >= 11 is 1.29. The molecule has 5 rings (SSSR count). The van der Waals surface area contributed by atoms with Crippen LogP contribution < -0.4 is 10.6 Å². The molecular formula is C36H45N7O6S. The number of hydrogen-bond acceptors (Lipinski definition) is 10. The number of aromatic nitrogens is 3. The van der Waals surface area contributed by atoms with Crippen molar-refractivity contribution in [3.63, 3.8) is 0 Å². The first-order chi connectivity index (χ1) is 23.7. The van der Waals surface area contributed by atoms with Crippen LogP contribution in [0.1, 0.15) is 69.6 Å². The third kappa shape index (κ3) is 9.44. The van der Waals surface area contributed by atoms with Crippen LogP contribution in [0.4, 0.5) is 5.95 Å². The van der Waals surface area contributed by atoms with Crippen molar-refractivity contribution in [2.75, 3.05) is 18.5 Å². The predicted octanol–water partition coefficient (Wildman–Crippen LogP) is 5.69. The lowest BCUT2D eigenvalue weighted by Gasteiger charge is -2.30. The van der Waals surface area contributed by atoms with Crippen LogP contribution in [0.5, 0.6) is 0 Å². The molecule has 1 saturated heterocycles. The van der Waals surface area contributed by atoms with E-state index in [2.05, 4.69) is 42.5 Å². The number of rotatable bonds is 10. The van der Waals surface area contributed by atoms with E-state index in [-0.39, 0.29) is 53.4 Å². The SMILES string of the molecule is CC(C)(C)/C=C(\C#N)C(=O)N1CCC[C@@H]1Cn1c(NC(=O)c2ccc(-c3cnco3)s2)nc2cc(CN[C@@H](CO)C(C)(C)C)ccc21.O=CO. The number of oxazole rings is 1. The van der Waals surface area contributed by atoms with E-state index in [0.717, 1.165) is 28.8 Å². The van der Waals surface area contributed by atoms with Crippen molar-refractivity contribution in [3.05, 3.63) is 65.0 Å². The Morgan fingerprint density at radius 2 is 1.94 bits per heavy atom. The number of imidazole rings is 1. The molecular weight excluding hydrogens is 659 g/mol. The van der Waals surface area contributed by atoms with Crippen molar-refractivity contribution in [3.8, 4) is 16.7 Å². The summed E-state index contributed by atoms with van der Waals surface area (Å²) in [4.78, 5) is 47.3. The Bertz CT molecular complexity index is 1860. The maximum absolute atomic E-state index is 13.6. The molecule has 4 aromatic rings. The van der Waals surface area contributed by atoms with Crippen molar-refractivity contribution in [1.29, 1.82) is 5.26 Å². The Hall–Kier alpha value is -4.84. The molecule has 2 atom stereocenters. The molecule has 0 spiro atoms. The zero-order chi connectivity index (χ0) is 36.6. The van der Waals surface area contributed by atoms with Gasteiger partial charge in [-0.2, -0.15) is 5.26 Å². The molecule has 0 aliphatic carbocycles. The van der Waals surface area contributed by atoms with Gasteiger partial charge in [-0.25, -0.2) is 9.97 Å². The number of aliphatic hydroxyl groups excluding tert-OH is 1. The van der Waals surface area contributed by atoms with Gasteiger partial charge in [0.05, 0.1) is 39.6 Å². The minimum atomic E-state index is -0.320. The molecule has 1 aromatic carbocycles. The number of fused-ring (bicyclic) bond motifs is 1. The molecule has 3 aromatic heterocycles. The fourth-order valence-corrected chi connectivity index (χ4v) is 6.63. The van der Waals surface area contributed by atoms with E-state index in [1.807, 2.05) is 49.6 Å². The number of carboxylic acid groups (broad SMARTS) is 1. The van der Waals surface area contributed by atoms with E-state index in [0.29, 0.717) is 41.7 Å². The molecule has 13 nitrogen and oxygen atoms in total. The van der Waals surface area contributed by atoms with Gasteiger partial charge >= 0.3 is 0 Å². The average Bonchev–Trinajstić information content (AvgIpc) is 3.87. The van der Waals surface area contributed by atoms with Crippen molar-refractivity contribution in [2.45, 2.75) is 79.6 Å². The largest absolute Gasteiger partial charge is 0.483 e. The predicted molar refractivity (Wildman–Crippen MR) is 191 cm³/mol. The molecule has 0 unspecified atom stereocenters. The number of carbonyl (C=O) groups is 3. The second kappa shape index (κ2) is 16.2. The van der Waals surface area contributed by atoms with Gasteiger partial charge in [-0.1, -0.05) is 53.7 Å². The number of hydrogen-bond donors (Lipinski definition) is 4. The molecule has 14 heteroatoms. The highest BCUT2D eigenvalue weighted by molar-refractivity contribution is 7.17. The fourth-order valence-electron chi connectivity index (χ4n) is 5.78. The van der Waals surface area contributed by atoms with Crippen molar-refractivity contribution >= 4 is 46.6 Å². The smallest absolute Gasteiger partial charge is 0.290 e. The van der Waals surface area contributed by atoms with Gasteiger partial charge in [-0.05, 0) is 53.5 Å². The molecule has 1 aliphatic heterocycles. The van der Waals surface area contributed by atoms with Crippen LogP contribution in [0.15, 0.2) is 59.0 Å². The van der Waals surface area contributed by atoms with Crippen molar-refractivity contribution in [1.82, 2.24) is 24.8 Å². The number of carbonyl (C=O) groups excluding carboxylic acids is 2. The van der Waals surface area contributed by atoms with Crippen molar-refractivity contribution < 1.29 is 29.0 Å². The first kappa shape index (κ1) is 38.0. The average molecular weight is 704 g/mol. The minimum absolute atomic E-state index is 0.0203. The number of nitrogens with zero attached hydrogens (tertiary/aromatic N) is 5. The van der Waals surface area contributed by atoms with E-state index in [1.54, 1.807) is 23.2 Å². The van der Waals surface area contributed by atoms with Gasteiger partial charge in [-0.3, -0.25) is 19.7 Å². The molecule has 50 heavy (non-hydrogen) atoms. The number of amides is 2. The lowest BCUT2D eigenvalue weighted by Crippen LogP contribution is -2.42. The standard InChI is InChI=1S/C35H43N7O4S.CH2O2/c1-34(2,3)15-23(16-36)32(45)41-13-7-8-24(41)19-42-26-10-9-22(17-38-30(20-43)35(4,5)6)14-25(26)39-33(42)40-31(44)29-12-11-28(47-29)27-18-37-21-46-27;2-1-3/h9-12,14-15,18,21,24,30,38,43H,7-8,13,17,19-20H2,1-6H3,(H,39,40,44);1H,(H,2,3)/b23-15+;/t24-,30+;/m1./s1. The lowest BCUT2D eigenvalue weighted by molar-refractivity contribution is -0.127. The number of aliphatic hydroxyl groups is 1. The zero-order valence-corrected chi connectivity index (χ0v) is 30.1.